The van der Waals surface area contributed by atoms with Gasteiger partial charge < -0.3 is 18.0 Å². The maximum absolute atomic E-state index is 12.6. The van der Waals surface area contributed by atoms with Crippen molar-refractivity contribution in [2.75, 3.05) is 21.3 Å². The fourth-order valence-corrected chi connectivity index (χ4v) is 3.25. The molecule has 0 spiro atoms. The lowest BCUT2D eigenvalue weighted by Crippen LogP contribution is -2.54. The van der Waals surface area contributed by atoms with Crippen LogP contribution in [-0.2, 0) is 13.3 Å². The van der Waals surface area contributed by atoms with Crippen molar-refractivity contribution in [1.82, 2.24) is 0 Å². The molecule has 0 atom stereocenters. The topological polar surface area (TPSA) is 36.9 Å². The first kappa shape index (κ1) is 15.7. The van der Waals surface area contributed by atoms with Crippen molar-refractivity contribution >= 4 is 14.0 Å². The minimum Gasteiger partial charge on any atom is -0.428 e. The fourth-order valence-electron chi connectivity index (χ4n) is 1.47. The molecule has 0 unspecified atom stereocenters. The highest BCUT2D eigenvalue weighted by Crippen LogP contribution is 2.18. The van der Waals surface area contributed by atoms with Gasteiger partial charge >= 0.3 is 20.9 Å². The molecule has 1 aromatic rings. The van der Waals surface area contributed by atoms with Crippen molar-refractivity contribution in [2.45, 2.75) is 0 Å². The van der Waals surface area contributed by atoms with Gasteiger partial charge in [0.15, 0.2) is 0 Å². The second kappa shape index (κ2) is 6.71. The van der Waals surface area contributed by atoms with Crippen LogP contribution in [0.5, 0.6) is 5.75 Å². The Kier molecular flexibility index (Phi) is 5.55. The Morgan fingerprint density at radius 2 is 1.37 bits per heavy atom. The molecular weight excluding hydrogens is 281 g/mol. The largest absolute Gasteiger partial charge is 0.536 e. The molecule has 0 heterocycles. The summed E-state index contributed by atoms with van der Waals surface area (Å²) in [5, 5.41) is 0.595. The highest BCUT2D eigenvalue weighted by molar-refractivity contribution is 6.75. The van der Waals surface area contributed by atoms with Gasteiger partial charge in [-0.15, -0.1) is 0 Å². The summed E-state index contributed by atoms with van der Waals surface area (Å²) in [6, 6.07) is 3.71. The Labute approximate surface area is 109 Å². The maximum atomic E-state index is 12.6. The van der Waals surface area contributed by atoms with Crippen molar-refractivity contribution in [1.29, 1.82) is 0 Å². The van der Waals surface area contributed by atoms with Gasteiger partial charge in [-0.3, -0.25) is 0 Å². The van der Waals surface area contributed by atoms with Gasteiger partial charge in [-0.1, -0.05) is 12.1 Å². The Morgan fingerprint density at radius 1 is 0.895 bits per heavy atom. The minimum atomic E-state index is -2.99. The highest BCUT2D eigenvalue weighted by atomic mass is 28.4. The van der Waals surface area contributed by atoms with E-state index in [1.54, 1.807) is 0 Å². The van der Waals surface area contributed by atoms with Gasteiger partial charge in [0.25, 0.3) is 0 Å². The predicted octanol–water partition coefficient (Wildman–Crippen LogP) is 2.19. The zero-order valence-corrected chi connectivity index (χ0v) is 11.6. The molecule has 0 N–H and O–H groups in total. The molecule has 0 radical (unpaired) electrons. The molecule has 0 aliphatic carbocycles. The van der Waals surface area contributed by atoms with Crippen LogP contribution in [0.2, 0.25) is 0 Å². The molecule has 106 valence electrons. The zero-order chi connectivity index (χ0) is 14.5. The smallest absolute Gasteiger partial charge is 0.428 e. The summed E-state index contributed by atoms with van der Waals surface area (Å²) in [7, 11) is 1.32. The van der Waals surface area contributed by atoms with Crippen molar-refractivity contribution in [3.63, 3.8) is 0 Å². The highest BCUT2D eigenvalue weighted by Gasteiger charge is 2.40. The van der Waals surface area contributed by atoms with E-state index in [4.69, 9.17) is 13.3 Å². The van der Waals surface area contributed by atoms with E-state index in [1.807, 2.05) is 0 Å². The van der Waals surface area contributed by atoms with Gasteiger partial charge in [0.05, 0.1) is 0 Å². The molecule has 0 fully saturated rings. The average molecular weight is 294 g/mol. The number of hydrogen-bond acceptors (Lipinski definition) is 4. The summed E-state index contributed by atoms with van der Waals surface area (Å²) in [5.74, 6) is -0.0692. The third kappa shape index (κ3) is 3.57. The third-order valence-electron chi connectivity index (χ3n) is 2.37. The molecule has 4 nitrogen and oxygen atoms in total. The Morgan fingerprint density at radius 3 is 1.74 bits per heavy atom. The van der Waals surface area contributed by atoms with Gasteiger partial charge in [-0.2, -0.15) is 13.2 Å². The van der Waals surface area contributed by atoms with Crippen LogP contribution in [0.15, 0.2) is 36.4 Å². The Bertz CT molecular complexity index is 433. The van der Waals surface area contributed by atoms with E-state index in [0.29, 0.717) is 5.19 Å². The van der Waals surface area contributed by atoms with Gasteiger partial charge in [-0.25, -0.2) is 0 Å². The molecule has 0 amide bonds. The lowest BCUT2D eigenvalue weighted by Gasteiger charge is -2.24. The Hall–Kier alpha value is -1.35. The van der Waals surface area contributed by atoms with Crippen molar-refractivity contribution in [3.05, 3.63) is 36.4 Å². The minimum absolute atomic E-state index is 0.0692. The van der Waals surface area contributed by atoms with Crippen LogP contribution in [0.4, 0.5) is 13.2 Å². The number of rotatable bonds is 6. The second-order valence-corrected chi connectivity index (χ2v) is 6.24. The van der Waals surface area contributed by atoms with Crippen molar-refractivity contribution < 1.29 is 31.2 Å². The van der Waals surface area contributed by atoms with Crippen LogP contribution in [-0.4, -0.2) is 30.1 Å². The summed E-state index contributed by atoms with van der Waals surface area (Å²) in [6.45, 7) is 0. The van der Waals surface area contributed by atoms with E-state index in [2.05, 4.69) is 4.74 Å². The van der Waals surface area contributed by atoms with Crippen LogP contribution in [0, 0.1) is 0 Å². The van der Waals surface area contributed by atoms with E-state index in [9.17, 15) is 13.2 Å². The molecule has 0 aliphatic heterocycles. The maximum Gasteiger partial charge on any atom is 0.536 e. The van der Waals surface area contributed by atoms with Gasteiger partial charge in [0.1, 0.15) is 5.75 Å². The van der Waals surface area contributed by atoms with E-state index in [1.165, 1.54) is 45.6 Å². The quantitative estimate of drug-likeness (QED) is 0.595. The van der Waals surface area contributed by atoms with Gasteiger partial charge in [0, 0.05) is 26.5 Å². The van der Waals surface area contributed by atoms with E-state index < -0.39 is 20.9 Å². The molecule has 8 heteroatoms. The monoisotopic (exact) mass is 294 g/mol. The molecule has 0 saturated carbocycles. The standard InChI is InChI=1S/C11H13F3O4Si/c1-15-19(16-2,17-3)9-6-4-8(5-7-9)18-11(14)10(12)13/h4-7H,1-3H3. The van der Waals surface area contributed by atoms with E-state index in [0.717, 1.165) is 0 Å². The molecule has 19 heavy (non-hydrogen) atoms. The first-order valence-corrected chi connectivity index (χ1v) is 6.86. The van der Waals surface area contributed by atoms with Crippen LogP contribution in [0.1, 0.15) is 0 Å². The van der Waals surface area contributed by atoms with E-state index >= 15 is 0 Å². The first-order chi connectivity index (χ1) is 8.99. The first-order valence-electron chi connectivity index (χ1n) is 5.13. The average Bonchev–Trinajstić information content (AvgIpc) is 2.43. The molecular formula is C11H13F3O4Si. The number of ether oxygens (including phenoxy) is 1. The molecule has 0 bridgehead atoms. The molecule has 0 aliphatic rings. The van der Waals surface area contributed by atoms with Gasteiger partial charge in [0.2, 0.25) is 0 Å². The molecule has 1 rings (SSSR count). The summed E-state index contributed by atoms with van der Waals surface area (Å²) in [6.07, 6.45) is -2.52. The van der Waals surface area contributed by atoms with E-state index in [-0.39, 0.29) is 5.75 Å². The Balaban J connectivity index is 2.96. The van der Waals surface area contributed by atoms with Crippen LogP contribution >= 0.6 is 0 Å². The summed E-state index contributed by atoms with van der Waals surface area (Å²) in [4.78, 5) is 0. The van der Waals surface area contributed by atoms with Crippen molar-refractivity contribution in [3.8, 4) is 5.75 Å². The lowest BCUT2D eigenvalue weighted by atomic mass is 10.3. The zero-order valence-electron chi connectivity index (χ0n) is 10.6. The number of halogens is 3. The van der Waals surface area contributed by atoms with Crippen LogP contribution < -0.4 is 9.92 Å². The fraction of sp³-hybridized carbons (Fsp3) is 0.273. The SMILES string of the molecule is CO[Si](OC)(OC)c1ccc(OC(F)=C(F)F)cc1. The second-order valence-electron chi connectivity index (χ2n) is 3.33. The van der Waals surface area contributed by atoms with Crippen LogP contribution in [0.3, 0.4) is 0 Å². The summed E-state index contributed by atoms with van der Waals surface area (Å²) in [5.41, 5.74) is 0. The normalized spacial score (nSPS) is 11.3. The van der Waals surface area contributed by atoms with Crippen molar-refractivity contribution in [2.24, 2.45) is 0 Å². The lowest BCUT2D eigenvalue weighted by molar-refractivity contribution is 0.140. The third-order valence-corrected chi connectivity index (χ3v) is 5.02. The molecule has 0 saturated heterocycles. The van der Waals surface area contributed by atoms with Crippen LogP contribution in [0.25, 0.3) is 0 Å². The van der Waals surface area contributed by atoms with Gasteiger partial charge in [-0.05, 0) is 12.1 Å². The number of hydrogen-bond donors (Lipinski definition) is 0. The predicted molar refractivity (Wildman–Crippen MR) is 63.8 cm³/mol. The number of benzene rings is 1. The molecule has 0 aromatic heterocycles. The summed E-state index contributed by atoms with van der Waals surface area (Å²) < 4.78 is 56.3. The summed E-state index contributed by atoms with van der Waals surface area (Å²) >= 11 is 0. The molecule has 1 aromatic carbocycles.